The van der Waals surface area contributed by atoms with Crippen LogP contribution in [-0.4, -0.2) is 46.6 Å². The highest BCUT2D eigenvalue weighted by atomic mass is 35.5. The van der Waals surface area contributed by atoms with E-state index < -0.39 is 11.8 Å². The van der Waals surface area contributed by atoms with E-state index >= 15 is 0 Å². The lowest BCUT2D eigenvalue weighted by Crippen LogP contribution is -2.43. The highest BCUT2D eigenvalue weighted by molar-refractivity contribution is 6.31. The van der Waals surface area contributed by atoms with Gasteiger partial charge in [0.2, 0.25) is 5.91 Å². The molecule has 1 aromatic heterocycles. The van der Waals surface area contributed by atoms with Gasteiger partial charge < -0.3 is 15.0 Å². The van der Waals surface area contributed by atoms with E-state index in [2.05, 4.69) is 20.0 Å². The number of aromatic amines is 1. The number of aromatic nitrogens is 2. The molecule has 3 aromatic rings. The van der Waals surface area contributed by atoms with Gasteiger partial charge in [0.1, 0.15) is 11.8 Å². The lowest BCUT2D eigenvalue weighted by molar-refractivity contribution is -0.119. The second-order valence-corrected chi connectivity index (χ2v) is 7.45. The largest absolute Gasteiger partial charge is 0.496 e. The molecule has 1 unspecified atom stereocenters. The number of methoxy groups -OCH3 is 1. The van der Waals surface area contributed by atoms with Crippen LogP contribution in [0.5, 0.6) is 5.75 Å². The summed E-state index contributed by atoms with van der Waals surface area (Å²) in [6.07, 6.45) is 1.24. The van der Waals surface area contributed by atoms with Gasteiger partial charge in [-0.1, -0.05) is 28.9 Å². The first-order valence-corrected chi connectivity index (χ1v) is 9.96. The smallest absolute Gasteiger partial charge is 0.439 e. The Hall–Kier alpha value is -3.59. The Kier molecular flexibility index (Phi) is 5.77. The summed E-state index contributed by atoms with van der Waals surface area (Å²) in [5.41, 5.74) is 1.39. The predicted molar refractivity (Wildman–Crippen MR) is 113 cm³/mol. The van der Waals surface area contributed by atoms with Crippen LogP contribution in [0.2, 0.25) is 5.02 Å². The third-order valence-electron chi connectivity index (χ3n) is 5.05. The quantitative estimate of drug-likeness (QED) is 0.627. The molecule has 1 aliphatic heterocycles. The number of halogens is 1. The summed E-state index contributed by atoms with van der Waals surface area (Å²) in [5, 5.41) is 6.89. The van der Waals surface area contributed by atoms with E-state index in [9.17, 15) is 14.4 Å². The molecule has 31 heavy (non-hydrogen) atoms. The third kappa shape index (κ3) is 4.31. The van der Waals surface area contributed by atoms with Crippen molar-refractivity contribution in [2.75, 3.05) is 19.0 Å². The summed E-state index contributed by atoms with van der Waals surface area (Å²) in [6.45, 7) is 0.451. The molecule has 0 radical (unpaired) electrons. The fourth-order valence-corrected chi connectivity index (χ4v) is 3.78. The van der Waals surface area contributed by atoms with Gasteiger partial charge in [0.25, 0.3) is 5.91 Å². The van der Waals surface area contributed by atoms with E-state index in [-0.39, 0.29) is 17.6 Å². The minimum atomic E-state index is -0.666. The predicted octanol–water partition coefficient (Wildman–Crippen LogP) is 2.94. The third-order valence-corrected chi connectivity index (χ3v) is 5.29. The second-order valence-electron chi connectivity index (χ2n) is 7.01. The maximum absolute atomic E-state index is 13.1. The minimum Gasteiger partial charge on any atom is -0.496 e. The van der Waals surface area contributed by atoms with Crippen LogP contribution in [0, 0.1) is 0 Å². The zero-order valence-corrected chi connectivity index (χ0v) is 17.3. The molecule has 0 spiro atoms. The van der Waals surface area contributed by atoms with E-state index in [4.69, 9.17) is 16.3 Å². The van der Waals surface area contributed by atoms with Crippen molar-refractivity contribution in [3.63, 3.8) is 0 Å². The van der Waals surface area contributed by atoms with Gasteiger partial charge in [-0.2, -0.15) is 0 Å². The van der Waals surface area contributed by atoms with Crippen LogP contribution in [0.4, 0.5) is 5.69 Å². The van der Waals surface area contributed by atoms with Crippen molar-refractivity contribution in [1.82, 2.24) is 15.0 Å². The summed E-state index contributed by atoms with van der Waals surface area (Å²) in [4.78, 5) is 41.3. The molecule has 2 heterocycles. The van der Waals surface area contributed by atoms with Crippen LogP contribution in [0.25, 0.3) is 11.4 Å². The van der Waals surface area contributed by atoms with Crippen molar-refractivity contribution in [3.05, 3.63) is 63.6 Å². The molecule has 9 nitrogen and oxygen atoms in total. The van der Waals surface area contributed by atoms with Gasteiger partial charge in [0, 0.05) is 22.8 Å². The summed E-state index contributed by atoms with van der Waals surface area (Å²) in [7, 11) is 1.48. The number of amides is 2. The Bertz CT molecular complexity index is 1190. The molecule has 10 heteroatoms. The molecule has 4 rings (SSSR count). The fourth-order valence-electron chi connectivity index (χ4n) is 3.61. The van der Waals surface area contributed by atoms with Gasteiger partial charge in [-0.25, -0.2) is 4.79 Å². The second kappa shape index (κ2) is 8.65. The Labute approximate surface area is 181 Å². The SMILES string of the molecule is COc1ccc(Cl)cc1C(=O)N1CCCC1C(=O)Nc1cccc(-c2noc(=O)[nH]2)c1. The van der Waals surface area contributed by atoms with Crippen LogP contribution in [0.15, 0.2) is 51.8 Å². The monoisotopic (exact) mass is 442 g/mol. The number of ether oxygens (including phenoxy) is 1. The summed E-state index contributed by atoms with van der Waals surface area (Å²) in [5.74, 6) is -0.633. The summed E-state index contributed by atoms with van der Waals surface area (Å²) < 4.78 is 9.80. The number of carbonyl (C=O) groups excluding carboxylic acids is 2. The average molecular weight is 443 g/mol. The first-order chi connectivity index (χ1) is 15.0. The molecular weight excluding hydrogens is 424 g/mol. The van der Waals surface area contributed by atoms with Crippen molar-refractivity contribution in [3.8, 4) is 17.1 Å². The molecule has 1 atom stereocenters. The van der Waals surface area contributed by atoms with Gasteiger partial charge >= 0.3 is 5.76 Å². The van der Waals surface area contributed by atoms with E-state index in [1.54, 1.807) is 36.4 Å². The van der Waals surface area contributed by atoms with E-state index in [0.29, 0.717) is 47.0 Å². The Morgan fingerprint density at radius 3 is 2.87 bits per heavy atom. The molecule has 2 amide bonds. The van der Waals surface area contributed by atoms with E-state index in [0.717, 1.165) is 0 Å². The molecule has 1 aliphatic rings. The molecule has 0 saturated carbocycles. The maximum Gasteiger partial charge on any atom is 0.439 e. The highest BCUT2D eigenvalue weighted by Crippen LogP contribution is 2.28. The maximum atomic E-state index is 13.1. The number of anilines is 1. The number of likely N-dealkylation sites (tertiary alicyclic amines) is 1. The van der Waals surface area contributed by atoms with Crippen molar-refractivity contribution in [2.45, 2.75) is 18.9 Å². The lowest BCUT2D eigenvalue weighted by atomic mass is 10.1. The van der Waals surface area contributed by atoms with Crippen LogP contribution < -0.4 is 15.8 Å². The van der Waals surface area contributed by atoms with E-state index in [1.165, 1.54) is 18.1 Å². The van der Waals surface area contributed by atoms with Gasteiger partial charge in [-0.3, -0.25) is 19.1 Å². The topological polar surface area (TPSA) is 118 Å². The zero-order valence-electron chi connectivity index (χ0n) is 16.6. The van der Waals surface area contributed by atoms with Gasteiger partial charge in [-0.05, 0) is 43.2 Å². The van der Waals surface area contributed by atoms with Crippen LogP contribution in [-0.2, 0) is 4.79 Å². The molecule has 1 fully saturated rings. The molecule has 0 aliphatic carbocycles. The number of benzene rings is 2. The number of H-pyrrole nitrogens is 1. The normalized spacial score (nSPS) is 15.7. The first-order valence-electron chi connectivity index (χ1n) is 9.58. The van der Waals surface area contributed by atoms with Crippen molar-refractivity contribution < 1.29 is 18.8 Å². The fraction of sp³-hybridized carbons (Fsp3) is 0.238. The number of hydrogen-bond acceptors (Lipinski definition) is 6. The highest BCUT2D eigenvalue weighted by Gasteiger charge is 2.35. The van der Waals surface area contributed by atoms with Crippen LogP contribution in [0.3, 0.4) is 0 Å². The zero-order chi connectivity index (χ0) is 22.0. The standard InChI is InChI=1S/C21H19ClN4O5/c1-30-17-8-7-13(22)11-15(17)20(28)26-9-3-6-16(26)19(27)23-14-5-2-4-12(10-14)18-24-21(29)31-25-18/h2,4-5,7-8,10-11,16H,3,6,9H2,1H3,(H,23,27)(H,24,25,29). The summed E-state index contributed by atoms with van der Waals surface area (Å²) >= 11 is 6.06. The molecule has 2 aromatic carbocycles. The van der Waals surface area contributed by atoms with Crippen molar-refractivity contribution in [2.24, 2.45) is 0 Å². The number of carbonyl (C=O) groups is 2. The number of nitrogens with one attached hydrogen (secondary N) is 2. The minimum absolute atomic E-state index is 0.256. The number of rotatable bonds is 5. The van der Waals surface area contributed by atoms with Gasteiger partial charge in [-0.15, -0.1) is 0 Å². The Morgan fingerprint density at radius 2 is 2.13 bits per heavy atom. The van der Waals surface area contributed by atoms with Crippen LogP contribution in [0.1, 0.15) is 23.2 Å². The Balaban J connectivity index is 1.53. The van der Waals surface area contributed by atoms with Crippen LogP contribution >= 0.6 is 11.6 Å². The van der Waals surface area contributed by atoms with Gasteiger partial charge in [0.15, 0.2) is 5.82 Å². The molecule has 0 bridgehead atoms. The molecule has 160 valence electrons. The van der Waals surface area contributed by atoms with E-state index in [1.807, 2.05) is 0 Å². The van der Waals surface area contributed by atoms with Crippen molar-refractivity contribution >= 4 is 29.1 Å². The van der Waals surface area contributed by atoms with Gasteiger partial charge in [0.05, 0.1) is 12.7 Å². The van der Waals surface area contributed by atoms with Crippen molar-refractivity contribution in [1.29, 1.82) is 0 Å². The molecule has 2 N–H and O–H groups in total. The number of nitrogens with zero attached hydrogens (tertiary/aromatic N) is 2. The lowest BCUT2D eigenvalue weighted by Gasteiger charge is -2.25. The summed E-state index contributed by atoms with van der Waals surface area (Å²) in [6, 6.07) is 11.0. The molecule has 1 saturated heterocycles. The first kappa shape index (κ1) is 20.7. The Morgan fingerprint density at radius 1 is 1.29 bits per heavy atom. The molecular formula is C21H19ClN4O5. The number of hydrogen-bond donors (Lipinski definition) is 2. The average Bonchev–Trinajstić information content (AvgIpc) is 3.43.